The third-order valence-electron chi connectivity index (χ3n) is 5.41. The largest absolute Gasteiger partial charge is 0.352 e. The number of rotatable bonds is 7. The number of Topliss-reactive ketones (excluding diaryl/α,β-unsaturated/α-hetero) is 1. The zero-order valence-electron chi connectivity index (χ0n) is 17.6. The van der Waals surface area contributed by atoms with Gasteiger partial charge in [-0.15, -0.1) is 0 Å². The van der Waals surface area contributed by atoms with Crippen LogP contribution in [0.1, 0.15) is 68.3 Å². The molecule has 2 aromatic heterocycles. The lowest BCUT2D eigenvalue weighted by Gasteiger charge is -2.14. The number of nitriles is 1. The minimum Gasteiger partial charge on any atom is -0.352 e. The lowest BCUT2D eigenvalue weighted by atomic mass is 9.94. The summed E-state index contributed by atoms with van der Waals surface area (Å²) in [5, 5.41) is 18.0. The molecule has 1 atom stereocenters. The van der Waals surface area contributed by atoms with Crippen LogP contribution in [-0.4, -0.2) is 31.6 Å². The summed E-state index contributed by atoms with van der Waals surface area (Å²) in [4.78, 5) is 22.4. The van der Waals surface area contributed by atoms with Gasteiger partial charge in [0.05, 0.1) is 28.6 Å². The third-order valence-corrected chi connectivity index (χ3v) is 5.41. The van der Waals surface area contributed by atoms with E-state index in [0.717, 1.165) is 42.3 Å². The molecule has 30 heavy (non-hydrogen) atoms. The van der Waals surface area contributed by atoms with E-state index in [2.05, 4.69) is 28.4 Å². The van der Waals surface area contributed by atoms with Gasteiger partial charge in [-0.1, -0.05) is 25.8 Å². The minimum atomic E-state index is -0.500. The number of carbonyl (C=O) groups is 1. The summed E-state index contributed by atoms with van der Waals surface area (Å²) in [6, 6.07) is 7.80. The van der Waals surface area contributed by atoms with Gasteiger partial charge in [0.2, 0.25) is 5.95 Å². The van der Waals surface area contributed by atoms with Gasteiger partial charge in [0.1, 0.15) is 0 Å². The van der Waals surface area contributed by atoms with Crippen molar-refractivity contribution in [2.45, 2.75) is 65.0 Å². The number of hydrogen-bond acceptors (Lipinski definition) is 6. The highest BCUT2D eigenvalue weighted by molar-refractivity contribution is 5.98. The maximum atomic E-state index is 13.0. The zero-order chi connectivity index (χ0) is 21.3. The van der Waals surface area contributed by atoms with Crippen molar-refractivity contribution < 1.29 is 4.79 Å². The summed E-state index contributed by atoms with van der Waals surface area (Å²) in [5.74, 6) is 0.0677. The number of ketones is 1. The Bertz CT molecular complexity index is 1140. The molecule has 0 fully saturated rings. The molecular weight excluding hydrogens is 376 g/mol. The van der Waals surface area contributed by atoms with Gasteiger partial charge >= 0.3 is 0 Å². The van der Waals surface area contributed by atoms with Crippen LogP contribution in [0.5, 0.6) is 0 Å². The van der Waals surface area contributed by atoms with Gasteiger partial charge in [-0.2, -0.15) is 15.3 Å². The Morgan fingerprint density at radius 2 is 2.13 bits per heavy atom. The number of nitrogens with one attached hydrogen (secondary N) is 1. The second-order valence-electron chi connectivity index (χ2n) is 8.17. The molecule has 154 valence electrons. The molecule has 0 saturated heterocycles. The Balaban J connectivity index is 1.84. The molecule has 7 heteroatoms. The Morgan fingerprint density at radius 3 is 2.87 bits per heavy atom. The van der Waals surface area contributed by atoms with E-state index in [1.54, 1.807) is 6.07 Å². The van der Waals surface area contributed by atoms with E-state index in [-0.39, 0.29) is 11.8 Å². The third kappa shape index (κ3) is 3.78. The number of unbranched alkanes of at least 4 members (excludes halogenated alkanes) is 2. The predicted octanol–water partition coefficient (Wildman–Crippen LogP) is 3.97. The van der Waals surface area contributed by atoms with Crippen LogP contribution >= 0.6 is 0 Å². The lowest BCUT2D eigenvalue weighted by molar-refractivity contribution is -0.118. The van der Waals surface area contributed by atoms with Crippen LogP contribution in [0.4, 0.5) is 5.95 Å². The standard InChI is InChI=1S/C23H26N6O/c1-4-5-6-9-29-13-18-21(26-23(25-14(2)3)27-22(18)28-29)20-17-10-15(12-24)7-8-16(17)11-19(20)30/h7-8,10,13-14,20H,4-6,9,11H2,1-3H3,(H,25,27,28). The molecule has 1 aromatic carbocycles. The van der Waals surface area contributed by atoms with Crippen molar-refractivity contribution in [1.29, 1.82) is 5.26 Å². The number of hydrogen-bond donors (Lipinski definition) is 1. The summed E-state index contributed by atoms with van der Waals surface area (Å²) in [5.41, 5.74) is 3.65. The molecular formula is C23H26N6O. The highest BCUT2D eigenvalue weighted by Gasteiger charge is 2.35. The summed E-state index contributed by atoms with van der Waals surface area (Å²) in [7, 11) is 0. The molecule has 3 aromatic rings. The number of fused-ring (bicyclic) bond motifs is 2. The van der Waals surface area contributed by atoms with Gasteiger partial charge in [0.25, 0.3) is 0 Å². The summed E-state index contributed by atoms with van der Waals surface area (Å²) < 4.78 is 1.91. The van der Waals surface area contributed by atoms with Crippen molar-refractivity contribution >= 4 is 22.8 Å². The molecule has 0 bridgehead atoms. The van der Waals surface area contributed by atoms with Gasteiger partial charge in [-0.3, -0.25) is 9.48 Å². The Kier molecular flexibility index (Phi) is 5.49. The first kappa shape index (κ1) is 20.0. The average molecular weight is 403 g/mol. The van der Waals surface area contributed by atoms with Gasteiger partial charge in [-0.25, -0.2) is 4.98 Å². The molecule has 1 aliphatic carbocycles. The van der Waals surface area contributed by atoms with E-state index in [1.165, 1.54) is 0 Å². The van der Waals surface area contributed by atoms with E-state index in [9.17, 15) is 10.1 Å². The first-order chi connectivity index (χ1) is 14.5. The maximum Gasteiger partial charge on any atom is 0.225 e. The number of carbonyl (C=O) groups excluding carboxylic acids is 1. The maximum absolute atomic E-state index is 13.0. The van der Waals surface area contributed by atoms with Crippen molar-refractivity contribution in [2.75, 3.05) is 5.32 Å². The van der Waals surface area contributed by atoms with Crippen molar-refractivity contribution in [3.05, 3.63) is 46.8 Å². The van der Waals surface area contributed by atoms with Gasteiger partial charge in [0.15, 0.2) is 11.4 Å². The zero-order valence-corrected chi connectivity index (χ0v) is 17.6. The average Bonchev–Trinajstić information content (AvgIpc) is 3.26. The lowest BCUT2D eigenvalue weighted by Crippen LogP contribution is -2.16. The van der Waals surface area contributed by atoms with E-state index in [4.69, 9.17) is 4.98 Å². The van der Waals surface area contributed by atoms with Crippen LogP contribution in [0.2, 0.25) is 0 Å². The number of aryl methyl sites for hydroxylation is 1. The second kappa shape index (κ2) is 8.23. The summed E-state index contributed by atoms with van der Waals surface area (Å²) in [6.45, 7) is 7.02. The van der Waals surface area contributed by atoms with E-state index < -0.39 is 5.92 Å². The molecule has 0 radical (unpaired) electrons. The Hall–Kier alpha value is -3.27. The molecule has 0 amide bonds. The Labute approximate surface area is 176 Å². The van der Waals surface area contributed by atoms with Gasteiger partial charge in [-0.05, 0) is 43.5 Å². The molecule has 2 heterocycles. The van der Waals surface area contributed by atoms with Crippen LogP contribution in [0.3, 0.4) is 0 Å². The molecule has 1 aliphatic rings. The second-order valence-corrected chi connectivity index (χ2v) is 8.17. The number of benzene rings is 1. The molecule has 0 spiro atoms. The minimum absolute atomic E-state index is 0.0920. The van der Waals surface area contributed by atoms with Crippen LogP contribution in [0.25, 0.3) is 11.0 Å². The normalized spacial score (nSPS) is 15.6. The van der Waals surface area contributed by atoms with E-state index in [1.807, 2.05) is 36.9 Å². The smallest absolute Gasteiger partial charge is 0.225 e. The van der Waals surface area contributed by atoms with Gasteiger partial charge < -0.3 is 5.32 Å². The fraction of sp³-hybridized carbons (Fsp3) is 0.435. The van der Waals surface area contributed by atoms with Gasteiger partial charge in [0, 0.05) is 25.2 Å². The molecule has 7 nitrogen and oxygen atoms in total. The molecule has 4 rings (SSSR count). The summed E-state index contributed by atoms with van der Waals surface area (Å²) in [6.07, 6.45) is 5.64. The van der Waals surface area contributed by atoms with Crippen LogP contribution in [0.15, 0.2) is 24.4 Å². The number of nitrogens with zero attached hydrogens (tertiary/aromatic N) is 5. The van der Waals surface area contributed by atoms with E-state index in [0.29, 0.717) is 29.3 Å². The fourth-order valence-corrected chi connectivity index (χ4v) is 4.01. The molecule has 1 unspecified atom stereocenters. The first-order valence-electron chi connectivity index (χ1n) is 10.6. The highest BCUT2D eigenvalue weighted by Crippen LogP contribution is 2.38. The van der Waals surface area contributed by atoms with Crippen LogP contribution < -0.4 is 5.32 Å². The molecule has 0 saturated carbocycles. The summed E-state index contributed by atoms with van der Waals surface area (Å²) >= 11 is 0. The SMILES string of the molecule is CCCCCn1cc2c(C3C(=O)Cc4ccc(C#N)cc43)nc(NC(C)C)nc2n1. The van der Waals surface area contributed by atoms with Crippen molar-refractivity contribution in [3.8, 4) is 6.07 Å². The van der Waals surface area contributed by atoms with Crippen molar-refractivity contribution in [2.24, 2.45) is 0 Å². The Morgan fingerprint density at radius 1 is 1.30 bits per heavy atom. The van der Waals surface area contributed by atoms with Crippen LogP contribution in [-0.2, 0) is 17.8 Å². The molecule has 1 N–H and O–H groups in total. The topological polar surface area (TPSA) is 96.5 Å². The van der Waals surface area contributed by atoms with Crippen LogP contribution in [0, 0.1) is 11.3 Å². The predicted molar refractivity (Wildman–Crippen MR) is 115 cm³/mol. The number of anilines is 1. The fourth-order valence-electron chi connectivity index (χ4n) is 4.01. The quantitative estimate of drug-likeness (QED) is 0.601. The number of aromatic nitrogens is 4. The van der Waals surface area contributed by atoms with Crippen molar-refractivity contribution in [1.82, 2.24) is 19.7 Å². The highest BCUT2D eigenvalue weighted by atomic mass is 16.1. The van der Waals surface area contributed by atoms with E-state index >= 15 is 0 Å². The first-order valence-corrected chi connectivity index (χ1v) is 10.6. The monoisotopic (exact) mass is 402 g/mol. The van der Waals surface area contributed by atoms with Crippen molar-refractivity contribution in [3.63, 3.8) is 0 Å². The molecule has 0 aliphatic heterocycles.